The molecule has 1 aromatic carbocycles. The zero-order valence-electron chi connectivity index (χ0n) is 13.6. The van der Waals surface area contributed by atoms with E-state index in [1.54, 1.807) is 22.7 Å². The van der Waals surface area contributed by atoms with Gasteiger partial charge < -0.3 is 5.11 Å². The number of allylic oxidation sites excluding steroid dienone is 1. The lowest BCUT2D eigenvalue weighted by molar-refractivity contribution is -0.114. The summed E-state index contributed by atoms with van der Waals surface area (Å²) in [5, 5.41) is 13.8. The maximum atomic E-state index is 11.5. The van der Waals surface area contributed by atoms with E-state index in [1.807, 2.05) is 31.2 Å². The van der Waals surface area contributed by atoms with E-state index in [-0.39, 0.29) is 11.5 Å². The summed E-state index contributed by atoms with van der Waals surface area (Å²) in [6.07, 6.45) is 4.47. The van der Waals surface area contributed by atoms with Gasteiger partial charge in [-0.3, -0.25) is 4.79 Å². The van der Waals surface area contributed by atoms with E-state index >= 15 is 0 Å². The van der Waals surface area contributed by atoms with Crippen molar-refractivity contribution in [2.75, 3.05) is 0 Å². The molecule has 0 unspecified atom stereocenters. The van der Waals surface area contributed by atoms with E-state index in [4.69, 9.17) is 0 Å². The van der Waals surface area contributed by atoms with E-state index < -0.39 is 5.97 Å². The first-order valence-corrected chi connectivity index (χ1v) is 8.02. The maximum absolute atomic E-state index is 11.5. The summed E-state index contributed by atoms with van der Waals surface area (Å²) in [7, 11) is 0. The number of hydrogen-bond donors (Lipinski definition) is 1. The number of carboxylic acids is 1. The van der Waals surface area contributed by atoms with Gasteiger partial charge in [-0.15, -0.1) is 0 Å². The summed E-state index contributed by atoms with van der Waals surface area (Å²) in [5.74, 6) is -0.950. The Morgan fingerprint density at radius 3 is 2.84 bits per heavy atom. The Morgan fingerprint density at radius 2 is 2.08 bits per heavy atom. The van der Waals surface area contributed by atoms with Crippen LogP contribution in [0, 0.1) is 0 Å². The van der Waals surface area contributed by atoms with Crippen LogP contribution in [0.5, 0.6) is 0 Å². The third-order valence-electron chi connectivity index (χ3n) is 4.34. The molecule has 0 fully saturated rings. The van der Waals surface area contributed by atoms with Crippen LogP contribution in [0.4, 0.5) is 0 Å². The topological polar surface area (TPSA) is 84.6 Å². The molecule has 2 aromatic heterocycles. The molecule has 0 amide bonds. The lowest BCUT2D eigenvalue weighted by Gasteiger charge is -2.10. The predicted molar refractivity (Wildman–Crippen MR) is 92.5 cm³/mol. The van der Waals surface area contributed by atoms with Crippen molar-refractivity contribution in [3.63, 3.8) is 0 Å². The average molecular weight is 333 g/mol. The van der Waals surface area contributed by atoms with Gasteiger partial charge in [0.2, 0.25) is 0 Å². The monoisotopic (exact) mass is 333 g/mol. The second-order valence-electron chi connectivity index (χ2n) is 5.98. The third-order valence-corrected chi connectivity index (χ3v) is 4.34. The summed E-state index contributed by atoms with van der Waals surface area (Å²) in [4.78, 5) is 26.9. The van der Waals surface area contributed by atoms with Crippen molar-refractivity contribution in [3.05, 3.63) is 58.9 Å². The molecule has 0 saturated carbocycles. The molecular formula is C19H15N3O3. The van der Waals surface area contributed by atoms with Gasteiger partial charge in [0.25, 0.3) is 0 Å². The summed E-state index contributed by atoms with van der Waals surface area (Å²) in [5.41, 5.74) is 4.94. The summed E-state index contributed by atoms with van der Waals surface area (Å²) >= 11 is 0. The molecule has 6 heteroatoms. The van der Waals surface area contributed by atoms with Crippen molar-refractivity contribution in [2.24, 2.45) is 0 Å². The summed E-state index contributed by atoms with van der Waals surface area (Å²) in [6.45, 7) is 1.95. The molecule has 2 heterocycles. The fourth-order valence-electron chi connectivity index (χ4n) is 3.04. The number of ketones is 1. The van der Waals surface area contributed by atoms with Crippen molar-refractivity contribution in [2.45, 2.75) is 19.8 Å². The second kappa shape index (κ2) is 5.66. The smallest absolute Gasteiger partial charge is 0.354 e. The lowest BCUT2D eigenvalue weighted by Crippen LogP contribution is -2.07. The molecule has 0 radical (unpaired) electrons. The van der Waals surface area contributed by atoms with Crippen LogP contribution < -0.4 is 0 Å². The predicted octanol–water partition coefficient (Wildman–Crippen LogP) is 2.80. The minimum absolute atomic E-state index is 0.0164. The standard InChI is InChI=1S/C19H15N3O3/c1-2-14-9-17(19(24)25)20-18-10-16(21-22(14)18)13-4-3-12-8-15(23)6-5-11(12)7-13/h3-7,9-10H,2,8H2,1H3,(H,24,25). The highest BCUT2D eigenvalue weighted by Crippen LogP contribution is 2.26. The summed E-state index contributed by atoms with van der Waals surface area (Å²) in [6, 6.07) is 9.19. The SMILES string of the molecule is CCc1cc(C(=O)O)nc2cc(-c3ccc4c(c3)C=CC(=O)C4)nn12. The molecule has 0 saturated heterocycles. The van der Waals surface area contributed by atoms with Crippen LogP contribution in [0.3, 0.4) is 0 Å². The Hall–Kier alpha value is -3.28. The molecule has 0 bridgehead atoms. The number of carbonyl (C=O) groups is 2. The average Bonchev–Trinajstić information content (AvgIpc) is 3.04. The first-order valence-electron chi connectivity index (χ1n) is 8.02. The van der Waals surface area contributed by atoms with Crippen molar-refractivity contribution in [3.8, 4) is 11.3 Å². The molecular weight excluding hydrogens is 318 g/mol. The normalized spacial score (nSPS) is 13.2. The maximum Gasteiger partial charge on any atom is 0.354 e. The van der Waals surface area contributed by atoms with Gasteiger partial charge in [-0.1, -0.05) is 25.1 Å². The van der Waals surface area contributed by atoms with Gasteiger partial charge >= 0.3 is 5.97 Å². The largest absolute Gasteiger partial charge is 0.477 e. The highest BCUT2D eigenvalue weighted by Gasteiger charge is 2.15. The first-order chi connectivity index (χ1) is 12.0. The number of aromatic nitrogens is 3. The molecule has 1 aliphatic carbocycles. The zero-order chi connectivity index (χ0) is 17.6. The van der Waals surface area contributed by atoms with Gasteiger partial charge in [0.15, 0.2) is 17.1 Å². The van der Waals surface area contributed by atoms with Crippen molar-refractivity contribution in [1.29, 1.82) is 0 Å². The van der Waals surface area contributed by atoms with Crippen LogP contribution in [-0.2, 0) is 17.6 Å². The fourth-order valence-corrected chi connectivity index (χ4v) is 3.04. The minimum atomic E-state index is -1.05. The Morgan fingerprint density at radius 1 is 1.24 bits per heavy atom. The molecule has 124 valence electrons. The number of aromatic carboxylic acids is 1. The Kier molecular flexibility index (Phi) is 3.46. The molecule has 4 rings (SSSR count). The number of aryl methyl sites for hydroxylation is 1. The van der Waals surface area contributed by atoms with E-state index in [1.165, 1.54) is 0 Å². The Bertz CT molecular complexity index is 1060. The molecule has 3 aromatic rings. The van der Waals surface area contributed by atoms with Crippen molar-refractivity contribution < 1.29 is 14.7 Å². The highest BCUT2D eigenvalue weighted by molar-refractivity contribution is 5.98. The number of hydrogen-bond acceptors (Lipinski definition) is 4. The van der Waals surface area contributed by atoms with E-state index in [9.17, 15) is 14.7 Å². The quantitative estimate of drug-likeness (QED) is 0.797. The molecule has 1 aliphatic rings. The van der Waals surface area contributed by atoms with Crippen LogP contribution in [0.1, 0.15) is 34.2 Å². The van der Waals surface area contributed by atoms with Gasteiger partial charge in [-0.25, -0.2) is 14.3 Å². The van der Waals surface area contributed by atoms with Crippen molar-refractivity contribution >= 4 is 23.5 Å². The Balaban J connectivity index is 1.84. The number of carbonyl (C=O) groups excluding carboxylic acids is 1. The molecule has 0 atom stereocenters. The van der Waals surface area contributed by atoms with Crippen LogP contribution in [0.2, 0.25) is 0 Å². The van der Waals surface area contributed by atoms with Gasteiger partial charge in [0, 0.05) is 23.7 Å². The number of carboxylic acid groups (broad SMARTS) is 1. The van der Waals surface area contributed by atoms with Gasteiger partial charge in [0.05, 0.1) is 5.69 Å². The highest BCUT2D eigenvalue weighted by atomic mass is 16.4. The number of benzene rings is 1. The van der Waals surface area contributed by atoms with Gasteiger partial charge in [-0.2, -0.15) is 5.10 Å². The summed E-state index contributed by atoms with van der Waals surface area (Å²) < 4.78 is 1.68. The molecule has 0 spiro atoms. The van der Waals surface area contributed by atoms with Crippen LogP contribution >= 0.6 is 0 Å². The van der Waals surface area contributed by atoms with Crippen LogP contribution in [0.15, 0.2) is 36.4 Å². The van der Waals surface area contributed by atoms with Gasteiger partial charge in [-0.05, 0) is 35.8 Å². The molecule has 25 heavy (non-hydrogen) atoms. The Labute approximate surface area is 143 Å². The fraction of sp³-hybridized carbons (Fsp3) is 0.158. The molecule has 0 aliphatic heterocycles. The first kappa shape index (κ1) is 15.3. The van der Waals surface area contributed by atoms with E-state index in [0.29, 0.717) is 18.5 Å². The number of fused-ring (bicyclic) bond motifs is 2. The lowest BCUT2D eigenvalue weighted by atomic mass is 9.94. The van der Waals surface area contributed by atoms with Crippen LogP contribution in [0.25, 0.3) is 23.0 Å². The van der Waals surface area contributed by atoms with Gasteiger partial charge in [0.1, 0.15) is 0 Å². The van der Waals surface area contributed by atoms with Crippen LogP contribution in [-0.4, -0.2) is 31.5 Å². The number of nitrogens with zero attached hydrogens (tertiary/aromatic N) is 3. The third kappa shape index (κ3) is 2.61. The zero-order valence-corrected chi connectivity index (χ0v) is 13.6. The second-order valence-corrected chi connectivity index (χ2v) is 5.98. The molecule has 6 nitrogen and oxygen atoms in total. The van der Waals surface area contributed by atoms with E-state index in [2.05, 4.69) is 10.1 Å². The van der Waals surface area contributed by atoms with Crippen molar-refractivity contribution in [1.82, 2.24) is 14.6 Å². The minimum Gasteiger partial charge on any atom is -0.477 e. The molecule has 1 N–H and O–H groups in total. The van der Waals surface area contributed by atoms with E-state index in [0.717, 1.165) is 28.1 Å². The number of rotatable bonds is 3.